The standard InChI is InChI=1S/C20H21FN10O9P2S/c21-9-7-1-35-41(33)39-13-8(38-19(12(13)32)30-5-28-10-15(22)24-3-26-17(10)30)2-36-42(34,43)40-14(9)20(37-7)31-6-29-11-16(23)25-4-27-18(11)31/h3-9,12-14,19-20,32H,1-2H2,(H4-,22,23,24,25,26,27,34,43)/p+1. The molecule has 0 radical (unpaired) electrons. The molecular formula is C20H22FN10O9P2S+. The normalized spacial score (nSPS) is 36.3. The second kappa shape index (κ2) is 10.9. The van der Waals surface area contributed by atoms with Crippen LogP contribution in [0.15, 0.2) is 25.3 Å². The van der Waals surface area contributed by atoms with Crippen molar-refractivity contribution in [2.24, 2.45) is 0 Å². The molecule has 4 aromatic heterocycles. The van der Waals surface area contributed by atoms with Crippen molar-refractivity contribution in [3.05, 3.63) is 25.3 Å². The fraction of sp³-hybridized carbons (Fsp3) is 0.500. The number of hydrogen-bond acceptors (Lipinski definition) is 17. The molecule has 3 fully saturated rings. The van der Waals surface area contributed by atoms with Gasteiger partial charge in [0.05, 0.1) is 19.3 Å². The summed E-state index contributed by atoms with van der Waals surface area (Å²) in [5, 5.41) is 11.2. The van der Waals surface area contributed by atoms with Crippen LogP contribution in [0.1, 0.15) is 12.5 Å². The van der Waals surface area contributed by atoms with E-state index in [1.807, 2.05) is 0 Å². The minimum atomic E-state index is -4.22. The predicted molar refractivity (Wildman–Crippen MR) is 144 cm³/mol. The lowest BCUT2D eigenvalue weighted by atomic mass is 10.1. The van der Waals surface area contributed by atoms with E-state index in [2.05, 4.69) is 29.9 Å². The number of nitrogens with zero attached hydrogens (tertiary/aromatic N) is 8. The second-order valence-electron chi connectivity index (χ2n) is 9.65. The molecule has 228 valence electrons. The molecule has 0 amide bonds. The average molecular weight is 659 g/mol. The maximum absolute atomic E-state index is 15.7. The number of halogens is 1. The van der Waals surface area contributed by atoms with Crippen molar-refractivity contribution < 1.29 is 46.5 Å². The summed E-state index contributed by atoms with van der Waals surface area (Å²) < 4.78 is 65.1. The maximum atomic E-state index is 15.7. The lowest BCUT2D eigenvalue weighted by Crippen LogP contribution is -2.35. The predicted octanol–water partition coefficient (Wildman–Crippen LogP) is 0.0158. The maximum Gasteiger partial charge on any atom is 0.697 e. The van der Waals surface area contributed by atoms with Crippen molar-refractivity contribution in [2.75, 3.05) is 24.7 Å². The van der Waals surface area contributed by atoms with Gasteiger partial charge in [-0.1, -0.05) is 0 Å². The number of ether oxygens (including phenoxy) is 2. The highest BCUT2D eigenvalue weighted by Crippen LogP contribution is 2.52. The van der Waals surface area contributed by atoms with Crippen molar-refractivity contribution in [1.82, 2.24) is 39.0 Å². The van der Waals surface area contributed by atoms with Gasteiger partial charge in [0, 0.05) is 4.57 Å². The molecule has 23 heteroatoms. The molecule has 10 atom stereocenters. The fourth-order valence-electron chi connectivity index (χ4n) is 5.11. The first-order valence-corrected chi connectivity index (χ1v) is 16.2. The number of nitrogens with two attached hydrogens (primary N) is 2. The fourth-order valence-corrected chi connectivity index (χ4v) is 7.30. The van der Waals surface area contributed by atoms with Gasteiger partial charge >= 0.3 is 15.0 Å². The van der Waals surface area contributed by atoms with Crippen LogP contribution in [0.5, 0.6) is 0 Å². The minimum Gasteiger partial charge on any atom is -0.385 e. The van der Waals surface area contributed by atoms with Crippen LogP contribution >= 0.6 is 15.0 Å². The molecule has 3 saturated heterocycles. The van der Waals surface area contributed by atoms with Gasteiger partial charge in [0.1, 0.15) is 54.7 Å². The molecule has 3 aliphatic heterocycles. The quantitative estimate of drug-likeness (QED) is 0.207. The Morgan fingerprint density at radius 3 is 2.19 bits per heavy atom. The summed E-state index contributed by atoms with van der Waals surface area (Å²) in [6, 6.07) is 0. The van der Waals surface area contributed by atoms with Crippen LogP contribution in [-0.2, 0) is 43.9 Å². The summed E-state index contributed by atoms with van der Waals surface area (Å²) in [6.07, 6.45) is -6.23. The Morgan fingerprint density at radius 1 is 0.930 bits per heavy atom. The van der Waals surface area contributed by atoms with Crippen LogP contribution in [0.4, 0.5) is 16.0 Å². The molecule has 2 bridgehead atoms. The van der Waals surface area contributed by atoms with Gasteiger partial charge in [-0.25, -0.2) is 34.3 Å². The highest BCUT2D eigenvalue weighted by molar-refractivity contribution is 8.07. The number of aliphatic hydroxyl groups excluding tert-OH is 1. The SMILES string of the molecule is Nc1ncnc2c1ncn2C1OC2COP(O)(=S)OC3C(F)C(CO[P+](=O)OC2C1O)OC3n1cnc2c(N)ncnc21. The Kier molecular flexibility index (Phi) is 7.30. The van der Waals surface area contributed by atoms with Gasteiger partial charge in [-0.15, -0.1) is 9.05 Å². The summed E-state index contributed by atoms with van der Waals surface area (Å²) in [7, 11) is -2.96. The van der Waals surface area contributed by atoms with Crippen LogP contribution in [0.2, 0.25) is 0 Å². The third kappa shape index (κ3) is 5.05. The number of alkyl halides is 1. The number of hydrogen-bond donors (Lipinski definition) is 4. The Bertz CT molecular complexity index is 1770. The van der Waals surface area contributed by atoms with Crippen LogP contribution in [0.3, 0.4) is 0 Å². The first-order chi connectivity index (χ1) is 20.6. The van der Waals surface area contributed by atoms with E-state index < -0.39 is 77.3 Å². The van der Waals surface area contributed by atoms with Crippen molar-refractivity contribution in [2.45, 2.75) is 49.1 Å². The smallest absolute Gasteiger partial charge is 0.385 e. The summed E-state index contributed by atoms with van der Waals surface area (Å²) in [6.45, 7) is -5.30. The minimum absolute atomic E-state index is 0.0778. The lowest BCUT2D eigenvalue weighted by molar-refractivity contribution is -0.0590. The molecule has 0 spiro atoms. The van der Waals surface area contributed by atoms with E-state index in [9.17, 15) is 14.6 Å². The first-order valence-electron chi connectivity index (χ1n) is 12.5. The van der Waals surface area contributed by atoms with E-state index in [0.717, 1.165) is 0 Å². The summed E-state index contributed by atoms with van der Waals surface area (Å²) in [5.41, 5.74) is 12.7. The zero-order valence-electron chi connectivity index (χ0n) is 21.5. The lowest BCUT2D eigenvalue weighted by Gasteiger charge is -2.26. The van der Waals surface area contributed by atoms with Gasteiger partial charge in [-0.2, -0.15) is 0 Å². The number of aromatic nitrogens is 8. The zero-order valence-corrected chi connectivity index (χ0v) is 24.1. The molecule has 4 aromatic rings. The number of imidazole rings is 2. The number of fused-ring (bicyclic) bond motifs is 5. The molecular weight excluding hydrogens is 637 g/mol. The Labute approximate surface area is 245 Å². The average Bonchev–Trinajstić information content (AvgIpc) is 3.73. The van der Waals surface area contributed by atoms with Crippen molar-refractivity contribution in [1.29, 1.82) is 0 Å². The molecule has 19 nitrogen and oxygen atoms in total. The Balaban J connectivity index is 1.18. The van der Waals surface area contributed by atoms with Gasteiger partial charge < -0.3 is 35.5 Å². The third-order valence-electron chi connectivity index (χ3n) is 7.11. The Hall–Kier alpha value is -2.94. The van der Waals surface area contributed by atoms with Gasteiger partial charge in [0.2, 0.25) is 0 Å². The largest absolute Gasteiger partial charge is 0.697 e. The van der Waals surface area contributed by atoms with E-state index in [1.54, 1.807) is 0 Å². The Morgan fingerprint density at radius 2 is 1.53 bits per heavy atom. The van der Waals surface area contributed by atoms with Gasteiger partial charge in [-0.3, -0.25) is 13.7 Å². The highest BCUT2D eigenvalue weighted by Gasteiger charge is 2.55. The third-order valence-corrected chi connectivity index (χ3v) is 9.44. The monoisotopic (exact) mass is 659 g/mol. The van der Waals surface area contributed by atoms with Crippen LogP contribution in [0, 0.1) is 0 Å². The molecule has 0 aromatic carbocycles. The van der Waals surface area contributed by atoms with Crippen molar-refractivity contribution >= 4 is 60.7 Å². The molecule has 3 aliphatic rings. The molecule has 6 N–H and O–H groups in total. The topological polar surface area (TPSA) is 252 Å². The van der Waals surface area contributed by atoms with Crippen LogP contribution in [0.25, 0.3) is 22.3 Å². The first kappa shape index (κ1) is 28.8. The van der Waals surface area contributed by atoms with Crippen molar-refractivity contribution in [3.8, 4) is 0 Å². The van der Waals surface area contributed by atoms with Gasteiger partial charge in [0.15, 0.2) is 47.7 Å². The molecule has 10 unspecified atom stereocenters. The molecule has 0 saturated carbocycles. The van der Waals surface area contributed by atoms with Gasteiger partial charge in [0.25, 0.3) is 0 Å². The molecule has 43 heavy (non-hydrogen) atoms. The van der Waals surface area contributed by atoms with E-state index in [4.69, 9.17) is 50.8 Å². The number of rotatable bonds is 2. The molecule has 0 aliphatic carbocycles. The highest BCUT2D eigenvalue weighted by atomic mass is 32.5. The van der Waals surface area contributed by atoms with E-state index >= 15 is 4.39 Å². The number of anilines is 2. The van der Waals surface area contributed by atoms with E-state index in [-0.39, 0.29) is 34.0 Å². The number of nitrogen functional groups attached to an aromatic ring is 2. The van der Waals surface area contributed by atoms with Crippen LogP contribution in [-0.4, -0.2) is 98.9 Å². The number of aliphatic hydroxyl groups is 1. The van der Waals surface area contributed by atoms with Gasteiger partial charge in [-0.05, 0) is 11.8 Å². The zero-order chi connectivity index (χ0) is 30.0. The van der Waals surface area contributed by atoms with E-state index in [0.29, 0.717) is 0 Å². The molecule has 7 rings (SSSR count). The van der Waals surface area contributed by atoms with Crippen molar-refractivity contribution in [3.63, 3.8) is 0 Å². The van der Waals surface area contributed by atoms with Crippen LogP contribution < -0.4 is 11.5 Å². The second-order valence-corrected chi connectivity index (χ2v) is 13.4. The molecule has 7 heterocycles. The van der Waals surface area contributed by atoms with E-state index in [1.165, 1.54) is 34.4 Å². The summed E-state index contributed by atoms with van der Waals surface area (Å²) >= 11 is 5.21. The summed E-state index contributed by atoms with van der Waals surface area (Å²) in [5.74, 6) is 0.183. The summed E-state index contributed by atoms with van der Waals surface area (Å²) in [4.78, 5) is 35.4.